The fraction of sp³-hybridized carbons (Fsp3) is 0.333. The van der Waals surface area contributed by atoms with Crippen molar-refractivity contribution >= 4 is 39.1 Å². The van der Waals surface area contributed by atoms with E-state index in [-0.39, 0.29) is 0 Å². The third-order valence-electron chi connectivity index (χ3n) is 4.30. The molecule has 4 rings (SSSR count). The van der Waals surface area contributed by atoms with Crippen LogP contribution in [0.25, 0.3) is 22.2 Å². The molecule has 0 radical (unpaired) electrons. The standard InChI is InChI=1S/C18H18N4S2/c19-6-3-7-22-12-15(14-4-1-2-5-17(14)22)16-13-24-18(20-16)21-8-10-23-11-9-21/h1-2,4-5,12-13H,3,7-11H2. The minimum absolute atomic E-state index is 0.520. The molecule has 0 atom stereocenters. The summed E-state index contributed by atoms with van der Waals surface area (Å²) in [5, 5.41) is 13.4. The molecule has 4 nitrogen and oxygen atoms in total. The molecule has 0 aliphatic carbocycles. The lowest BCUT2D eigenvalue weighted by atomic mass is 10.1. The second-order valence-electron chi connectivity index (χ2n) is 5.78. The molecule has 0 N–H and O–H groups in total. The molecule has 1 fully saturated rings. The van der Waals surface area contributed by atoms with Gasteiger partial charge in [-0.25, -0.2) is 4.98 Å². The summed E-state index contributed by atoms with van der Waals surface area (Å²) in [7, 11) is 0. The van der Waals surface area contributed by atoms with E-state index in [0.29, 0.717) is 6.42 Å². The van der Waals surface area contributed by atoms with Crippen molar-refractivity contribution in [1.82, 2.24) is 9.55 Å². The van der Waals surface area contributed by atoms with Gasteiger partial charge in [0.2, 0.25) is 0 Å². The van der Waals surface area contributed by atoms with Gasteiger partial charge < -0.3 is 9.47 Å². The molecule has 6 heteroatoms. The molecule has 3 heterocycles. The smallest absolute Gasteiger partial charge is 0.185 e. The Morgan fingerprint density at radius 1 is 1.21 bits per heavy atom. The molecular weight excluding hydrogens is 336 g/mol. The summed E-state index contributed by atoms with van der Waals surface area (Å²) in [6, 6.07) is 10.6. The van der Waals surface area contributed by atoms with E-state index in [1.807, 2.05) is 17.8 Å². The monoisotopic (exact) mass is 354 g/mol. The number of fused-ring (bicyclic) bond motifs is 1. The van der Waals surface area contributed by atoms with Gasteiger partial charge in [0.05, 0.1) is 18.2 Å². The number of thioether (sulfide) groups is 1. The number of para-hydroxylation sites is 1. The molecule has 122 valence electrons. The second kappa shape index (κ2) is 6.88. The van der Waals surface area contributed by atoms with Crippen LogP contribution in [-0.2, 0) is 6.54 Å². The molecular formula is C18H18N4S2. The van der Waals surface area contributed by atoms with Crippen LogP contribution in [0.2, 0.25) is 0 Å². The fourth-order valence-corrected chi connectivity index (χ4v) is 4.88. The number of anilines is 1. The van der Waals surface area contributed by atoms with E-state index in [1.54, 1.807) is 11.3 Å². The molecule has 0 spiro atoms. The number of aryl methyl sites for hydroxylation is 1. The molecule has 0 bridgehead atoms. The Labute approximate surface area is 149 Å². The van der Waals surface area contributed by atoms with Crippen LogP contribution in [0.5, 0.6) is 0 Å². The van der Waals surface area contributed by atoms with Gasteiger partial charge in [-0.15, -0.1) is 11.3 Å². The van der Waals surface area contributed by atoms with Crippen LogP contribution in [0.15, 0.2) is 35.8 Å². The van der Waals surface area contributed by atoms with Crippen LogP contribution in [0.1, 0.15) is 6.42 Å². The van der Waals surface area contributed by atoms with Crippen molar-refractivity contribution in [3.63, 3.8) is 0 Å². The lowest BCUT2D eigenvalue weighted by Gasteiger charge is -2.25. The molecule has 2 aromatic heterocycles. The average molecular weight is 355 g/mol. The van der Waals surface area contributed by atoms with Gasteiger partial charge in [-0.2, -0.15) is 17.0 Å². The van der Waals surface area contributed by atoms with Crippen LogP contribution < -0.4 is 4.90 Å². The van der Waals surface area contributed by atoms with Gasteiger partial charge in [0.25, 0.3) is 0 Å². The van der Waals surface area contributed by atoms with Gasteiger partial charge in [0.1, 0.15) is 0 Å². The zero-order chi connectivity index (χ0) is 16.4. The number of rotatable bonds is 4. The van der Waals surface area contributed by atoms with Crippen LogP contribution in [0, 0.1) is 11.3 Å². The minimum Gasteiger partial charge on any atom is -0.346 e. The second-order valence-corrected chi connectivity index (χ2v) is 7.84. The molecule has 1 aliphatic rings. The fourth-order valence-electron chi connectivity index (χ4n) is 3.09. The van der Waals surface area contributed by atoms with E-state index in [1.165, 1.54) is 22.4 Å². The number of hydrogen-bond donors (Lipinski definition) is 0. The highest BCUT2D eigenvalue weighted by atomic mass is 32.2. The van der Waals surface area contributed by atoms with Crippen LogP contribution >= 0.6 is 23.1 Å². The molecule has 1 aromatic carbocycles. The molecule has 0 amide bonds. The topological polar surface area (TPSA) is 44.9 Å². The van der Waals surface area contributed by atoms with E-state index in [0.717, 1.165) is 36.0 Å². The van der Waals surface area contributed by atoms with E-state index in [4.69, 9.17) is 10.2 Å². The zero-order valence-electron chi connectivity index (χ0n) is 13.3. The highest BCUT2D eigenvalue weighted by Gasteiger charge is 2.17. The molecule has 24 heavy (non-hydrogen) atoms. The van der Waals surface area contributed by atoms with Gasteiger partial charge in [-0.1, -0.05) is 18.2 Å². The van der Waals surface area contributed by atoms with E-state index in [2.05, 4.69) is 45.3 Å². The summed E-state index contributed by atoms with van der Waals surface area (Å²) >= 11 is 3.75. The number of nitriles is 1. The van der Waals surface area contributed by atoms with Crippen molar-refractivity contribution in [3.8, 4) is 17.3 Å². The first kappa shape index (κ1) is 15.6. The van der Waals surface area contributed by atoms with Gasteiger partial charge >= 0.3 is 0 Å². The number of aromatic nitrogens is 2. The normalized spacial score (nSPS) is 14.9. The van der Waals surface area contributed by atoms with Gasteiger partial charge in [-0.05, 0) is 6.07 Å². The van der Waals surface area contributed by atoms with Gasteiger partial charge in [0, 0.05) is 59.2 Å². The maximum atomic E-state index is 8.89. The van der Waals surface area contributed by atoms with E-state index < -0.39 is 0 Å². The first-order valence-corrected chi connectivity index (χ1v) is 10.1. The van der Waals surface area contributed by atoms with E-state index >= 15 is 0 Å². The van der Waals surface area contributed by atoms with Gasteiger partial charge in [-0.3, -0.25) is 0 Å². The Bertz CT molecular complexity index is 884. The first-order valence-electron chi connectivity index (χ1n) is 8.10. The Morgan fingerprint density at radius 2 is 2.04 bits per heavy atom. The molecule has 3 aromatic rings. The third kappa shape index (κ3) is 2.90. The summed E-state index contributed by atoms with van der Waals surface area (Å²) in [4.78, 5) is 7.29. The quantitative estimate of drug-likeness (QED) is 0.703. The van der Waals surface area contributed by atoms with Crippen molar-refractivity contribution in [2.75, 3.05) is 29.5 Å². The van der Waals surface area contributed by atoms with Crippen molar-refractivity contribution in [1.29, 1.82) is 5.26 Å². The Balaban J connectivity index is 1.71. The van der Waals surface area contributed by atoms with Crippen LogP contribution in [-0.4, -0.2) is 34.1 Å². The zero-order valence-corrected chi connectivity index (χ0v) is 14.9. The van der Waals surface area contributed by atoms with Crippen molar-refractivity contribution in [2.45, 2.75) is 13.0 Å². The molecule has 1 saturated heterocycles. The van der Waals surface area contributed by atoms with E-state index in [9.17, 15) is 0 Å². The van der Waals surface area contributed by atoms with Crippen molar-refractivity contribution < 1.29 is 0 Å². The molecule has 0 unspecified atom stereocenters. The minimum atomic E-state index is 0.520. The third-order valence-corrected chi connectivity index (χ3v) is 6.15. The predicted octanol–water partition coefficient (Wildman–Crippen LogP) is 4.23. The largest absolute Gasteiger partial charge is 0.346 e. The van der Waals surface area contributed by atoms with Gasteiger partial charge in [0.15, 0.2) is 5.13 Å². The summed E-state index contributed by atoms with van der Waals surface area (Å²) in [5.74, 6) is 2.37. The Morgan fingerprint density at radius 3 is 2.88 bits per heavy atom. The molecule has 0 saturated carbocycles. The predicted molar refractivity (Wildman–Crippen MR) is 103 cm³/mol. The highest BCUT2D eigenvalue weighted by molar-refractivity contribution is 7.99. The van der Waals surface area contributed by atoms with Crippen molar-refractivity contribution in [3.05, 3.63) is 35.8 Å². The Kier molecular flexibility index (Phi) is 4.46. The number of hydrogen-bond acceptors (Lipinski definition) is 5. The number of thiazole rings is 1. The SMILES string of the molecule is N#CCCn1cc(-c2csc(N3CCSCC3)n2)c2ccccc21. The molecule has 1 aliphatic heterocycles. The average Bonchev–Trinajstić information content (AvgIpc) is 3.26. The number of nitrogens with zero attached hydrogens (tertiary/aromatic N) is 4. The summed E-state index contributed by atoms with van der Waals surface area (Å²) in [5.41, 5.74) is 3.38. The van der Waals surface area contributed by atoms with Crippen molar-refractivity contribution in [2.24, 2.45) is 0 Å². The lowest BCUT2D eigenvalue weighted by Crippen LogP contribution is -2.32. The van der Waals surface area contributed by atoms with Crippen LogP contribution in [0.4, 0.5) is 5.13 Å². The lowest BCUT2D eigenvalue weighted by molar-refractivity contribution is 0.745. The maximum absolute atomic E-state index is 8.89. The maximum Gasteiger partial charge on any atom is 0.185 e. The highest BCUT2D eigenvalue weighted by Crippen LogP contribution is 2.34. The summed E-state index contributed by atoms with van der Waals surface area (Å²) in [6.45, 7) is 2.89. The summed E-state index contributed by atoms with van der Waals surface area (Å²) in [6.07, 6.45) is 2.67. The number of benzene rings is 1. The Hall–Kier alpha value is -1.97. The first-order chi connectivity index (χ1) is 11.9. The van der Waals surface area contributed by atoms with Crippen LogP contribution in [0.3, 0.4) is 0 Å². The summed E-state index contributed by atoms with van der Waals surface area (Å²) < 4.78 is 2.17.